The Morgan fingerprint density at radius 3 is 2.76 bits per heavy atom. The van der Waals surface area contributed by atoms with Gasteiger partial charge in [-0.2, -0.15) is 0 Å². The lowest BCUT2D eigenvalue weighted by atomic mass is 10.1. The number of fused-ring (bicyclic) bond motifs is 1. The molecule has 21 heavy (non-hydrogen) atoms. The second-order valence-corrected chi connectivity index (χ2v) is 6.33. The van der Waals surface area contributed by atoms with Crippen LogP contribution in [0.15, 0.2) is 46.4 Å². The van der Waals surface area contributed by atoms with Gasteiger partial charge in [0, 0.05) is 20.9 Å². The van der Waals surface area contributed by atoms with E-state index in [1.165, 1.54) is 6.20 Å². The molecule has 0 saturated carbocycles. The highest BCUT2D eigenvalue weighted by Gasteiger charge is 2.12. The number of thiophene rings is 1. The van der Waals surface area contributed by atoms with Crippen LogP contribution in [0.1, 0.15) is 15.2 Å². The van der Waals surface area contributed by atoms with Crippen LogP contribution in [-0.2, 0) is 6.54 Å². The molecule has 2 aromatic heterocycles. The molecule has 106 valence electrons. The molecule has 0 atom stereocenters. The van der Waals surface area contributed by atoms with E-state index in [1.807, 2.05) is 35.7 Å². The molecule has 0 aliphatic heterocycles. The van der Waals surface area contributed by atoms with Gasteiger partial charge in [0.1, 0.15) is 5.82 Å². The highest BCUT2D eigenvalue weighted by Crippen LogP contribution is 2.24. The molecule has 0 spiro atoms. The van der Waals surface area contributed by atoms with Crippen molar-refractivity contribution in [2.45, 2.75) is 6.54 Å². The van der Waals surface area contributed by atoms with Gasteiger partial charge in [-0.05, 0) is 32.8 Å². The number of carbonyl (C=O) groups excluding carboxylic acids is 1. The van der Waals surface area contributed by atoms with Crippen LogP contribution in [0.5, 0.6) is 0 Å². The zero-order valence-electron chi connectivity index (χ0n) is 11.0. The summed E-state index contributed by atoms with van der Waals surface area (Å²) in [6.45, 7) is 0.482. The Balaban J connectivity index is 1.88. The number of rotatable bonds is 3. The summed E-state index contributed by atoms with van der Waals surface area (Å²) >= 11 is 5.05. The van der Waals surface area contributed by atoms with Gasteiger partial charge < -0.3 is 11.1 Å². The lowest BCUT2D eigenvalue weighted by molar-refractivity contribution is 0.0952. The minimum Gasteiger partial charge on any atom is -0.383 e. The molecule has 2 heterocycles. The predicted octanol–water partition coefficient (Wildman–Crippen LogP) is 3.57. The zero-order valence-corrected chi connectivity index (χ0v) is 13.4. The van der Waals surface area contributed by atoms with Crippen LogP contribution in [0.3, 0.4) is 0 Å². The summed E-state index contributed by atoms with van der Waals surface area (Å²) in [5.74, 6) is 0.280. The second kappa shape index (κ2) is 5.83. The molecular weight excluding hydrogens is 350 g/mol. The molecule has 0 unspecified atom stereocenters. The van der Waals surface area contributed by atoms with Gasteiger partial charge in [0.25, 0.3) is 5.91 Å². The monoisotopic (exact) mass is 361 g/mol. The van der Waals surface area contributed by atoms with E-state index in [1.54, 1.807) is 11.3 Å². The van der Waals surface area contributed by atoms with Crippen LogP contribution >= 0.6 is 27.3 Å². The standard InChI is InChI=1S/C15H12BrN3OS/c16-12-5-6-21-13(12)8-19-15(20)11-7-18-14(17)10-4-2-1-3-9(10)11/h1-7H,8H2,(H2,17,18)(H,19,20). The molecule has 0 fully saturated rings. The van der Waals surface area contributed by atoms with Crippen molar-refractivity contribution in [2.24, 2.45) is 0 Å². The summed E-state index contributed by atoms with van der Waals surface area (Å²) in [5, 5.41) is 6.50. The molecule has 1 aromatic carbocycles. The van der Waals surface area contributed by atoms with Gasteiger partial charge in [-0.1, -0.05) is 24.3 Å². The number of nitrogens with two attached hydrogens (primary N) is 1. The van der Waals surface area contributed by atoms with E-state index in [2.05, 4.69) is 26.2 Å². The fourth-order valence-corrected chi connectivity index (χ4v) is 3.53. The summed E-state index contributed by atoms with van der Waals surface area (Å²) in [6.07, 6.45) is 1.52. The number of hydrogen-bond acceptors (Lipinski definition) is 4. The average Bonchev–Trinajstić information content (AvgIpc) is 2.91. The molecule has 0 aliphatic carbocycles. The van der Waals surface area contributed by atoms with Crippen LogP contribution in [0.4, 0.5) is 5.82 Å². The molecular formula is C15H12BrN3OS. The summed E-state index contributed by atoms with van der Waals surface area (Å²) < 4.78 is 1.01. The third-order valence-corrected chi connectivity index (χ3v) is 5.10. The van der Waals surface area contributed by atoms with Gasteiger partial charge in [0.15, 0.2) is 0 Å². The Morgan fingerprint density at radius 1 is 1.29 bits per heavy atom. The third-order valence-electron chi connectivity index (χ3n) is 3.17. The molecule has 6 heteroatoms. The molecule has 3 aromatic rings. The molecule has 3 N–H and O–H groups in total. The Labute approximate surface area is 134 Å². The third kappa shape index (κ3) is 2.77. The number of nitrogen functional groups attached to an aromatic ring is 1. The van der Waals surface area contributed by atoms with Crippen molar-refractivity contribution in [3.8, 4) is 0 Å². The molecule has 0 radical (unpaired) electrons. The number of aromatic nitrogens is 1. The van der Waals surface area contributed by atoms with E-state index in [4.69, 9.17) is 5.73 Å². The fourth-order valence-electron chi connectivity index (χ4n) is 2.10. The highest BCUT2D eigenvalue weighted by atomic mass is 79.9. The maximum atomic E-state index is 12.4. The molecule has 0 aliphatic rings. The van der Waals surface area contributed by atoms with Gasteiger partial charge in [-0.3, -0.25) is 4.79 Å². The summed E-state index contributed by atoms with van der Waals surface area (Å²) in [7, 11) is 0. The van der Waals surface area contributed by atoms with Crippen molar-refractivity contribution < 1.29 is 4.79 Å². The van der Waals surface area contributed by atoms with Crippen molar-refractivity contribution in [3.63, 3.8) is 0 Å². The zero-order chi connectivity index (χ0) is 14.8. The van der Waals surface area contributed by atoms with Gasteiger partial charge in [0.05, 0.1) is 12.1 Å². The first kappa shape index (κ1) is 14.0. The Kier molecular flexibility index (Phi) is 3.90. The topological polar surface area (TPSA) is 68.0 Å². The summed E-state index contributed by atoms with van der Waals surface area (Å²) in [4.78, 5) is 17.6. The predicted molar refractivity (Wildman–Crippen MR) is 89.3 cm³/mol. The van der Waals surface area contributed by atoms with Gasteiger partial charge >= 0.3 is 0 Å². The minimum atomic E-state index is -0.154. The van der Waals surface area contributed by atoms with Gasteiger partial charge in [0.2, 0.25) is 0 Å². The molecule has 3 rings (SSSR count). The molecule has 1 amide bonds. The van der Waals surface area contributed by atoms with Crippen molar-refractivity contribution in [2.75, 3.05) is 5.73 Å². The van der Waals surface area contributed by atoms with E-state index in [0.29, 0.717) is 17.9 Å². The number of nitrogens with zero attached hydrogens (tertiary/aromatic N) is 1. The second-order valence-electron chi connectivity index (χ2n) is 4.48. The van der Waals surface area contributed by atoms with E-state index in [-0.39, 0.29) is 5.91 Å². The molecule has 4 nitrogen and oxygen atoms in total. The largest absolute Gasteiger partial charge is 0.383 e. The highest BCUT2D eigenvalue weighted by molar-refractivity contribution is 9.10. The normalized spacial score (nSPS) is 10.7. The first-order chi connectivity index (χ1) is 10.2. The van der Waals surface area contributed by atoms with Crippen LogP contribution in [-0.4, -0.2) is 10.9 Å². The van der Waals surface area contributed by atoms with Gasteiger partial charge in [-0.15, -0.1) is 11.3 Å². The van der Waals surface area contributed by atoms with Crippen LogP contribution in [0.2, 0.25) is 0 Å². The van der Waals surface area contributed by atoms with Crippen molar-refractivity contribution in [1.29, 1.82) is 0 Å². The Bertz CT molecular complexity index is 816. The smallest absolute Gasteiger partial charge is 0.253 e. The maximum Gasteiger partial charge on any atom is 0.253 e. The molecule has 0 saturated heterocycles. The summed E-state index contributed by atoms with van der Waals surface area (Å²) in [5.41, 5.74) is 6.38. The first-order valence-electron chi connectivity index (χ1n) is 6.30. The lowest BCUT2D eigenvalue weighted by Gasteiger charge is -2.08. The van der Waals surface area contributed by atoms with Crippen LogP contribution < -0.4 is 11.1 Å². The van der Waals surface area contributed by atoms with Crippen LogP contribution in [0.25, 0.3) is 10.8 Å². The van der Waals surface area contributed by atoms with E-state index >= 15 is 0 Å². The van der Waals surface area contributed by atoms with Crippen molar-refractivity contribution in [3.05, 3.63) is 56.8 Å². The quantitative estimate of drug-likeness (QED) is 0.749. The SMILES string of the molecule is Nc1ncc(C(=O)NCc2sccc2Br)c2ccccc12. The van der Waals surface area contributed by atoms with Crippen molar-refractivity contribution in [1.82, 2.24) is 10.3 Å². The number of benzene rings is 1. The number of hydrogen-bond donors (Lipinski definition) is 2. The number of pyridine rings is 1. The Hall–Kier alpha value is -1.92. The summed E-state index contributed by atoms with van der Waals surface area (Å²) in [6, 6.07) is 9.47. The minimum absolute atomic E-state index is 0.154. The van der Waals surface area contributed by atoms with Crippen molar-refractivity contribution >= 4 is 49.8 Å². The van der Waals surface area contributed by atoms with E-state index in [9.17, 15) is 4.79 Å². The molecule has 0 bridgehead atoms. The fraction of sp³-hybridized carbons (Fsp3) is 0.0667. The number of amides is 1. The average molecular weight is 362 g/mol. The Morgan fingerprint density at radius 2 is 2.05 bits per heavy atom. The van der Waals surface area contributed by atoms with Gasteiger partial charge in [-0.25, -0.2) is 4.98 Å². The van der Waals surface area contributed by atoms with E-state index in [0.717, 1.165) is 20.1 Å². The number of anilines is 1. The number of halogens is 1. The van der Waals surface area contributed by atoms with Crippen LogP contribution in [0, 0.1) is 0 Å². The first-order valence-corrected chi connectivity index (χ1v) is 7.97. The maximum absolute atomic E-state index is 12.4. The number of carbonyl (C=O) groups is 1. The number of nitrogens with one attached hydrogen (secondary N) is 1. The van der Waals surface area contributed by atoms with E-state index < -0.39 is 0 Å². The lowest BCUT2D eigenvalue weighted by Crippen LogP contribution is -2.23.